The zero-order valence-corrected chi connectivity index (χ0v) is 10.3. The van der Waals surface area contributed by atoms with E-state index in [-0.39, 0.29) is 11.4 Å². The van der Waals surface area contributed by atoms with E-state index in [1.54, 1.807) is 12.2 Å². The maximum absolute atomic E-state index is 12.3. The molecule has 1 saturated carbocycles. The van der Waals surface area contributed by atoms with Crippen LogP contribution in [0.2, 0.25) is 0 Å². The minimum absolute atomic E-state index is 0.0180. The van der Waals surface area contributed by atoms with Gasteiger partial charge in [0.05, 0.1) is 12.6 Å². The molecule has 1 aliphatic heterocycles. The Bertz CT molecular complexity index is 475. The van der Waals surface area contributed by atoms with Gasteiger partial charge in [0.15, 0.2) is 0 Å². The molecule has 3 nitrogen and oxygen atoms in total. The predicted molar refractivity (Wildman–Crippen MR) is 64.5 cm³/mol. The van der Waals surface area contributed by atoms with Crippen molar-refractivity contribution in [2.24, 2.45) is 0 Å². The summed E-state index contributed by atoms with van der Waals surface area (Å²) in [5.74, 6) is 0.0180. The van der Waals surface area contributed by atoms with Crippen LogP contribution in [0, 0.1) is 6.92 Å². The number of aryl methyl sites for hydroxylation is 1. The van der Waals surface area contributed by atoms with Crippen molar-refractivity contribution in [2.75, 3.05) is 7.11 Å². The molecule has 2 aliphatic rings. The highest BCUT2D eigenvalue weighted by Gasteiger charge is 2.51. The molecule has 1 heterocycles. The van der Waals surface area contributed by atoms with Crippen LogP contribution in [0.3, 0.4) is 0 Å². The smallest absolute Gasteiger partial charge is 0.273 e. The van der Waals surface area contributed by atoms with Crippen LogP contribution >= 0.6 is 0 Å². The van der Waals surface area contributed by atoms with Gasteiger partial charge in [-0.15, -0.1) is 0 Å². The Kier molecular flexibility index (Phi) is 2.26. The van der Waals surface area contributed by atoms with Crippen molar-refractivity contribution in [1.82, 2.24) is 5.06 Å². The fourth-order valence-corrected chi connectivity index (χ4v) is 3.33. The third kappa shape index (κ3) is 1.29. The molecular formula is C14H17NO2. The number of hydrogen-bond donors (Lipinski definition) is 0. The van der Waals surface area contributed by atoms with Crippen LogP contribution in [0.1, 0.15) is 47.2 Å². The fourth-order valence-electron chi connectivity index (χ4n) is 3.33. The van der Waals surface area contributed by atoms with E-state index in [0.29, 0.717) is 0 Å². The topological polar surface area (TPSA) is 29.5 Å². The molecule has 0 aromatic heterocycles. The Hall–Kier alpha value is -1.35. The summed E-state index contributed by atoms with van der Waals surface area (Å²) in [5, 5.41) is 1.60. The lowest BCUT2D eigenvalue weighted by molar-refractivity contribution is -0.157. The summed E-state index contributed by atoms with van der Waals surface area (Å²) in [6, 6.07) is 6.09. The molecule has 0 bridgehead atoms. The third-order valence-corrected chi connectivity index (χ3v) is 4.09. The van der Waals surface area contributed by atoms with Gasteiger partial charge in [-0.3, -0.25) is 9.63 Å². The van der Waals surface area contributed by atoms with E-state index >= 15 is 0 Å². The highest BCUT2D eigenvalue weighted by Crippen LogP contribution is 2.50. The van der Waals surface area contributed by atoms with Gasteiger partial charge in [-0.25, -0.2) is 5.06 Å². The minimum atomic E-state index is -0.187. The molecule has 0 unspecified atom stereocenters. The molecule has 0 saturated heterocycles. The molecule has 1 aliphatic carbocycles. The SMILES string of the molecule is CON1C(=O)c2ccc(C)cc2C12CCCC2. The standard InChI is InChI=1S/C14H17NO2/c1-10-5-6-11-12(9-10)14(7-3-4-8-14)15(17-2)13(11)16/h5-6,9H,3-4,7-8H2,1-2H3. The molecule has 1 spiro atoms. The summed E-state index contributed by atoms with van der Waals surface area (Å²) >= 11 is 0. The van der Waals surface area contributed by atoms with Gasteiger partial charge in [0.1, 0.15) is 0 Å². The van der Waals surface area contributed by atoms with Gasteiger partial charge in [-0.05, 0) is 31.4 Å². The Morgan fingerprint density at radius 1 is 1.29 bits per heavy atom. The summed E-state index contributed by atoms with van der Waals surface area (Å²) in [4.78, 5) is 17.7. The zero-order valence-electron chi connectivity index (χ0n) is 10.3. The van der Waals surface area contributed by atoms with Crippen molar-refractivity contribution in [3.63, 3.8) is 0 Å². The van der Waals surface area contributed by atoms with Crippen LogP contribution < -0.4 is 0 Å². The maximum Gasteiger partial charge on any atom is 0.278 e. The summed E-state index contributed by atoms with van der Waals surface area (Å²) in [6.45, 7) is 2.07. The number of fused-ring (bicyclic) bond motifs is 2. The second kappa shape index (κ2) is 3.57. The normalized spacial score (nSPS) is 21.3. The monoisotopic (exact) mass is 231 g/mol. The Balaban J connectivity index is 2.21. The van der Waals surface area contributed by atoms with Crippen LogP contribution in [0.15, 0.2) is 18.2 Å². The van der Waals surface area contributed by atoms with Crippen LogP contribution in [0.25, 0.3) is 0 Å². The van der Waals surface area contributed by atoms with Gasteiger partial charge in [0.2, 0.25) is 0 Å². The average Bonchev–Trinajstić information content (AvgIpc) is 2.87. The quantitative estimate of drug-likeness (QED) is 0.743. The molecule has 1 fully saturated rings. The first kappa shape index (κ1) is 10.8. The third-order valence-electron chi connectivity index (χ3n) is 4.09. The molecule has 1 amide bonds. The molecule has 1 aromatic carbocycles. The number of rotatable bonds is 1. The second-order valence-corrected chi connectivity index (χ2v) is 5.07. The van der Waals surface area contributed by atoms with Crippen LogP contribution in [0.5, 0.6) is 0 Å². The van der Waals surface area contributed by atoms with Crippen molar-refractivity contribution >= 4 is 5.91 Å². The zero-order chi connectivity index (χ0) is 12.0. The fraction of sp³-hybridized carbons (Fsp3) is 0.500. The van der Waals surface area contributed by atoms with Gasteiger partial charge >= 0.3 is 0 Å². The van der Waals surface area contributed by atoms with E-state index in [2.05, 4.69) is 13.0 Å². The Labute approximate surface area is 101 Å². The first-order valence-corrected chi connectivity index (χ1v) is 6.19. The predicted octanol–water partition coefficient (Wildman–Crippen LogP) is 2.78. The number of amides is 1. The Morgan fingerprint density at radius 3 is 2.65 bits per heavy atom. The van der Waals surface area contributed by atoms with Gasteiger partial charge in [0.25, 0.3) is 5.91 Å². The average molecular weight is 231 g/mol. The molecule has 17 heavy (non-hydrogen) atoms. The van der Waals surface area contributed by atoms with Crippen LogP contribution in [-0.4, -0.2) is 18.1 Å². The summed E-state index contributed by atoms with van der Waals surface area (Å²) in [5.41, 5.74) is 3.01. The maximum atomic E-state index is 12.3. The molecular weight excluding hydrogens is 214 g/mol. The number of hydroxylamine groups is 2. The number of hydrogen-bond acceptors (Lipinski definition) is 2. The number of carbonyl (C=O) groups excluding carboxylic acids is 1. The van der Waals surface area contributed by atoms with Crippen molar-refractivity contribution in [3.8, 4) is 0 Å². The van der Waals surface area contributed by atoms with E-state index in [9.17, 15) is 4.79 Å². The summed E-state index contributed by atoms with van der Waals surface area (Å²) < 4.78 is 0. The largest absolute Gasteiger partial charge is 0.278 e. The van der Waals surface area contributed by atoms with Crippen molar-refractivity contribution in [1.29, 1.82) is 0 Å². The number of nitrogens with zero attached hydrogens (tertiary/aromatic N) is 1. The van der Waals surface area contributed by atoms with E-state index in [4.69, 9.17) is 4.84 Å². The molecule has 3 heteroatoms. The first-order chi connectivity index (χ1) is 8.19. The lowest BCUT2D eigenvalue weighted by Gasteiger charge is -2.33. The Morgan fingerprint density at radius 2 is 2.00 bits per heavy atom. The molecule has 0 atom stereocenters. The van der Waals surface area contributed by atoms with Gasteiger partial charge in [-0.1, -0.05) is 30.5 Å². The highest BCUT2D eigenvalue weighted by molar-refractivity contribution is 5.99. The van der Waals surface area contributed by atoms with E-state index in [1.165, 1.54) is 24.0 Å². The van der Waals surface area contributed by atoms with E-state index in [1.807, 2.05) is 12.1 Å². The van der Waals surface area contributed by atoms with Gasteiger partial charge in [-0.2, -0.15) is 0 Å². The van der Waals surface area contributed by atoms with Gasteiger partial charge < -0.3 is 0 Å². The molecule has 0 N–H and O–H groups in total. The van der Waals surface area contributed by atoms with E-state index < -0.39 is 0 Å². The highest BCUT2D eigenvalue weighted by atomic mass is 16.7. The summed E-state index contributed by atoms with van der Waals surface area (Å²) in [6.07, 6.45) is 4.37. The first-order valence-electron chi connectivity index (χ1n) is 6.19. The molecule has 3 rings (SSSR count). The van der Waals surface area contributed by atoms with Crippen molar-refractivity contribution in [2.45, 2.75) is 38.1 Å². The van der Waals surface area contributed by atoms with Crippen molar-refractivity contribution in [3.05, 3.63) is 34.9 Å². The summed E-state index contributed by atoms with van der Waals surface area (Å²) in [7, 11) is 1.59. The number of benzene rings is 1. The van der Waals surface area contributed by atoms with Crippen molar-refractivity contribution < 1.29 is 9.63 Å². The van der Waals surface area contributed by atoms with E-state index in [0.717, 1.165) is 18.4 Å². The lowest BCUT2D eigenvalue weighted by Crippen LogP contribution is -2.40. The second-order valence-electron chi connectivity index (χ2n) is 5.07. The minimum Gasteiger partial charge on any atom is -0.273 e. The lowest BCUT2D eigenvalue weighted by atomic mass is 9.88. The molecule has 0 radical (unpaired) electrons. The van der Waals surface area contributed by atoms with Gasteiger partial charge in [0, 0.05) is 5.56 Å². The van der Waals surface area contributed by atoms with Crippen LogP contribution in [-0.2, 0) is 10.4 Å². The van der Waals surface area contributed by atoms with Crippen LogP contribution in [0.4, 0.5) is 0 Å². The molecule has 90 valence electrons. The molecule has 1 aromatic rings. The number of carbonyl (C=O) groups is 1.